The third kappa shape index (κ3) is 2.86. The molecule has 0 bridgehead atoms. The van der Waals surface area contributed by atoms with Crippen molar-refractivity contribution < 1.29 is 8.42 Å². The van der Waals surface area contributed by atoms with Crippen molar-refractivity contribution in [3.63, 3.8) is 0 Å². The predicted molar refractivity (Wildman–Crippen MR) is 83.4 cm³/mol. The molecule has 0 saturated heterocycles. The number of fused-ring (bicyclic) bond motifs is 1. The summed E-state index contributed by atoms with van der Waals surface area (Å²) >= 11 is 0. The van der Waals surface area contributed by atoms with Crippen molar-refractivity contribution in [2.45, 2.75) is 23.8 Å². The van der Waals surface area contributed by atoms with E-state index in [9.17, 15) is 8.42 Å². The summed E-state index contributed by atoms with van der Waals surface area (Å²) in [4.78, 5) is 0.118. The molecule has 3 rings (SSSR count). The molecular formula is C15H17N3O2S. The highest BCUT2D eigenvalue weighted by atomic mass is 32.2. The monoisotopic (exact) mass is 303 g/mol. The lowest BCUT2D eigenvalue weighted by molar-refractivity contribution is 0.598. The normalized spacial score (nSPS) is 17.5. The molecule has 5 nitrogen and oxygen atoms in total. The summed E-state index contributed by atoms with van der Waals surface area (Å²) in [6, 6.07) is 12.7. The van der Waals surface area contributed by atoms with Crippen LogP contribution < -0.4 is 16.2 Å². The van der Waals surface area contributed by atoms with Crippen LogP contribution in [0.4, 0.5) is 11.4 Å². The van der Waals surface area contributed by atoms with Crippen molar-refractivity contribution in [1.82, 2.24) is 0 Å². The summed E-state index contributed by atoms with van der Waals surface area (Å²) in [6.45, 7) is 0. The Balaban J connectivity index is 1.80. The number of hydrogen-bond donors (Lipinski definition) is 3. The Bertz CT molecular complexity index is 770. The number of benzene rings is 2. The smallest absolute Gasteiger partial charge is 0.238 e. The summed E-state index contributed by atoms with van der Waals surface area (Å²) in [5, 5.41) is 8.51. The van der Waals surface area contributed by atoms with Crippen molar-refractivity contribution in [2.75, 3.05) is 11.1 Å². The third-order valence-electron chi connectivity index (χ3n) is 3.77. The lowest BCUT2D eigenvalue weighted by Gasteiger charge is -2.16. The molecule has 0 fully saturated rings. The van der Waals surface area contributed by atoms with Gasteiger partial charge in [0.25, 0.3) is 0 Å². The summed E-state index contributed by atoms with van der Waals surface area (Å²) < 4.78 is 22.5. The Morgan fingerprint density at radius 3 is 2.48 bits per heavy atom. The average molecular weight is 303 g/mol. The van der Waals surface area contributed by atoms with Gasteiger partial charge in [-0.15, -0.1) is 0 Å². The Hall–Kier alpha value is -2.05. The van der Waals surface area contributed by atoms with Crippen molar-refractivity contribution in [3.05, 3.63) is 53.6 Å². The van der Waals surface area contributed by atoms with E-state index < -0.39 is 10.0 Å². The molecule has 1 aliphatic carbocycles. The number of nitrogens with one attached hydrogen (secondary N) is 1. The van der Waals surface area contributed by atoms with Crippen LogP contribution >= 0.6 is 0 Å². The van der Waals surface area contributed by atoms with Gasteiger partial charge in [0.2, 0.25) is 10.0 Å². The van der Waals surface area contributed by atoms with Gasteiger partial charge in [-0.2, -0.15) is 0 Å². The highest BCUT2D eigenvalue weighted by molar-refractivity contribution is 7.89. The minimum atomic E-state index is -3.64. The van der Waals surface area contributed by atoms with Gasteiger partial charge in [0.05, 0.1) is 10.9 Å². The number of rotatable bonds is 3. The zero-order valence-corrected chi connectivity index (χ0v) is 12.2. The number of hydrogen-bond acceptors (Lipinski definition) is 4. The van der Waals surface area contributed by atoms with Gasteiger partial charge in [-0.3, -0.25) is 0 Å². The molecule has 0 radical (unpaired) electrons. The van der Waals surface area contributed by atoms with Crippen LogP contribution in [0.1, 0.15) is 23.6 Å². The van der Waals surface area contributed by atoms with Gasteiger partial charge in [0.1, 0.15) is 0 Å². The number of nitrogens with two attached hydrogens (primary N) is 2. The van der Waals surface area contributed by atoms with Gasteiger partial charge >= 0.3 is 0 Å². The van der Waals surface area contributed by atoms with Crippen LogP contribution in [0.25, 0.3) is 0 Å². The van der Waals surface area contributed by atoms with Crippen molar-refractivity contribution in [1.29, 1.82) is 0 Å². The summed E-state index contributed by atoms with van der Waals surface area (Å²) in [7, 11) is -3.64. The van der Waals surface area contributed by atoms with Gasteiger partial charge in [-0.1, -0.05) is 6.07 Å². The molecule has 0 saturated carbocycles. The van der Waals surface area contributed by atoms with E-state index in [1.807, 2.05) is 18.2 Å². The fraction of sp³-hybridized carbons (Fsp3) is 0.200. The zero-order chi connectivity index (χ0) is 15.0. The first kappa shape index (κ1) is 13.9. The lowest BCUT2D eigenvalue weighted by Crippen LogP contribution is -2.12. The molecule has 2 aromatic rings. The molecule has 0 heterocycles. The number of nitrogen functional groups attached to an aromatic ring is 1. The van der Waals surface area contributed by atoms with Crippen molar-refractivity contribution in [2.24, 2.45) is 5.14 Å². The second kappa shape index (κ2) is 5.05. The number of sulfonamides is 1. The summed E-state index contributed by atoms with van der Waals surface area (Å²) in [6.07, 6.45) is 1.99. The largest absolute Gasteiger partial charge is 0.399 e. The van der Waals surface area contributed by atoms with E-state index in [2.05, 4.69) is 5.32 Å². The van der Waals surface area contributed by atoms with Crippen molar-refractivity contribution in [3.8, 4) is 0 Å². The van der Waals surface area contributed by atoms with Gasteiger partial charge in [0.15, 0.2) is 0 Å². The van der Waals surface area contributed by atoms with Crippen LogP contribution in [0.3, 0.4) is 0 Å². The molecule has 0 aromatic heterocycles. The van der Waals surface area contributed by atoms with Crippen LogP contribution in [0.2, 0.25) is 0 Å². The quantitative estimate of drug-likeness (QED) is 0.755. The number of primary sulfonamides is 1. The van der Waals surface area contributed by atoms with Crippen molar-refractivity contribution >= 4 is 21.4 Å². The molecule has 2 aromatic carbocycles. The van der Waals surface area contributed by atoms with Gasteiger partial charge < -0.3 is 11.1 Å². The third-order valence-corrected chi connectivity index (χ3v) is 4.70. The van der Waals surface area contributed by atoms with E-state index in [4.69, 9.17) is 10.9 Å². The standard InChI is InChI=1S/C15H17N3O2S/c16-11-2-7-14-10(9-11)1-8-15(14)18-12-3-5-13(6-4-12)21(17,19)20/h2-7,9,15,18H,1,8,16H2,(H2,17,19,20). The zero-order valence-electron chi connectivity index (χ0n) is 11.4. The highest BCUT2D eigenvalue weighted by Gasteiger charge is 2.22. The molecule has 21 heavy (non-hydrogen) atoms. The topological polar surface area (TPSA) is 98.2 Å². The molecule has 6 heteroatoms. The SMILES string of the molecule is Nc1ccc2c(c1)CCC2Nc1ccc(S(N)(=O)=O)cc1. The van der Waals surface area contributed by atoms with E-state index >= 15 is 0 Å². The molecule has 0 spiro atoms. The fourth-order valence-corrected chi connectivity index (χ4v) is 3.24. The van der Waals surface area contributed by atoms with Crippen LogP contribution in [0.5, 0.6) is 0 Å². The Morgan fingerprint density at radius 1 is 1.10 bits per heavy atom. The van der Waals surface area contributed by atoms with Gasteiger partial charge in [-0.25, -0.2) is 13.6 Å². The first-order valence-corrected chi connectivity index (χ1v) is 8.26. The molecule has 5 N–H and O–H groups in total. The van der Waals surface area contributed by atoms with E-state index in [1.54, 1.807) is 12.1 Å². The lowest BCUT2D eigenvalue weighted by atomic mass is 10.1. The summed E-state index contributed by atoms with van der Waals surface area (Å²) in [5.74, 6) is 0. The Kier molecular flexibility index (Phi) is 3.35. The summed E-state index contributed by atoms with van der Waals surface area (Å²) in [5.41, 5.74) is 9.98. The molecule has 1 aliphatic rings. The highest BCUT2D eigenvalue weighted by Crippen LogP contribution is 2.34. The van der Waals surface area contributed by atoms with Gasteiger partial charge in [-0.05, 0) is 60.4 Å². The Morgan fingerprint density at radius 2 is 1.81 bits per heavy atom. The second-order valence-corrected chi connectivity index (χ2v) is 6.82. The van der Waals surface area contributed by atoms with E-state index in [0.29, 0.717) is 0 Å². The molecular weight excluding hydrogens is 286 g/mol. The minimum absolute atomic E-state index is 0.118. The first-order valence-electron chi connectivity index (χ1n) is 6.71. The number of anilines is 2. The Labute approximate surface area is 124 Å². The number of aryl methyl sites for hydroxylation is 1. The maximum absolute atomic E-state index is 11.2. The molecule has 0 aliphatic heterocycles. The first-order chi connectivity index (χ1) is 9.93. The maximum atomic E-state index is 11.2. The second-order valence-electron chi connectivity index (χ2n) is 5.26. The fourth-order valence-electron chi connectivity index (χ4n) is 2.73. The van der Waals surface area contributed by atoms with Crippen LogP contribution in [-0.4, -0.2) is 8.42 Å². The predicted octanol–water partition coefficient (Wildman–Crippen LogP) is 2.02. The minimum Gasteiger partial charge on any atom is -0.399 e. The van der Waals surface area contributed by atoms with Crippen LogP contribution in [-0.2, 0) is 16.4 Å². The average Bonchev–Trinajstić information content (AvgIpc) is 2.80. The molecule has 1 unspecified atom stereocenters. The molecule has 1 atom stereocenters. The molecule has 110 valence electrons. The van der Waals surface area contributed by atoms with E-state index in [0.717, 1.165) is 24.2 Å². The maximum Gasteiger partial charge on any atom is 0.238 e. The van der Waals surface area contributed by atoms with Gasteiger partial charge in [0, 0.05) is 11.4 Å². The molecule has 0 amide bonds. The van der Waals surface area contributed by atoms with Crippen LogP contribution in [0.15, 0.2) is 47.4 Å². The van der Waals surface area contributed by atoms with E-state index in [1.165, 1.54) is 23.3 Å². The van der Waals surface area contributed by atoms with E-state index in [-0.39, 0.29) is 10.9 Å². The van der Waals surface area contributed by atoms with Crippen LogP contribution in [0, 0.1) is 0 Å².